The summed E-state index contributed by atoms with van der Waals surface area (Å²) in [4.78, 5) is 13.3. The molecule has 3 rings (SSSR count). The van der Waals surface area contributed by atoms with Crippen LogP contribution < -0.4 is 5.73 Å². The zero-order valence-corrected chi connectivity index (χ0v) is 13.8. The van der Waals surface area contributed by atoms with Gasteiger partial charge in [0.15, 0.2) is 0 Å². The molecule has 1 aliphatic rings. The standard InChI is InChI=1S/C18H21ClN4/c19-18-7-6-16-17(23-18)8-14(12-22-16)15(9-20)11-21-10-13-4-2-1-3-5-13/h6-9,11-13H,1-5,10,20H2. The largest absolute Gasteiger partial charge is 0.404 e. The highest BCUT2D eigenvalue weighted by Gasteiger charge is 2.12. The molecule has 1 saturated carbocycles. The maximum Gasteiger partial charge on any atom is 0.129 e. The fraction of sp³-hybridized carbons (Fsp3) is 0.389. The summed E-state index contributed by atoms with van der Waals surface area (Å²) in [7, 11) is 0. The highest BCUT2D eigenvalue weighted by atomic mass is 35.5. The van der Waals surface area contributed by atoms with Gasteiger partial charge in [0, 0.05) is 36.3 Å². The lowest BCUT2D eigenvalue weighted by Gasteiger charge is -2.19. The number of hydrogen-bond acceptors (Lipinski definition) is 4. The van der Waals surface area contributed by atoms with E-state index in [0.29, 0.717) is 11.1 Å². The molecule has 2 heterocycles. The van der Waals surface area contributed by atoms with Crippen LogP contribution in [0.25, 0.3) is 16.6 Å². The second-order valence-electron chi connectivity index (χ2n) is 6.02. The molecule has 1 aliphatic carbocycles. The normalized spacial score (nSPS) is 17.2. The fourth-order valence-electron chi connectivity index (χ4n) is 3.02. The van der Waals surface area contributed by atoms with Crippen molar-refractivity contribution in [2.24, 2.45) is 16.6 Å². The average Bonchev–Trinajstić information content (AvgIpc) is 2.59. The van der Waals surface area contributed by atoms with Crippen LogP contribution in [0.2, 0.25) is 5.15 Å². The quantitative estimate of drug-likeness (QED) is 0.674. The Balaban J connectivity index is 1.75. The van der Waals surface area contributed by atoms with Gasteiger partial charge in [-0.05, 0) is 37.0 Å². The smallest absolute Gasteiger partial charge is 0.129 e. The summed E-state index contributed by atoms with van der Waals surface area (Å²) < 4.78 is 0. The predicted octanol–water partition coefficient (Wildman–Crippen LogP) is 4.23. The van der Waals surface area contributed by atoms with Crippen LogP contribution in [0.15, 0.2) is 35.6 Å². The van der Waals surface area contributed by atoms with E-state index in [2.05, 4.69) is 15.0 Å². The number of halogens is 1. The molecule has 5 heteroatoms. The van der Waals surface area contributed by atoms with Crippen LogP contribution in [0.3, 0.4) is 0 Å². The molecule has 2 aromatic heterocycles. The Bertz CT molecular complexity index is 733. The van der Waals surface area contributed by atoms with Crippen LogP contribution in [-0.4, -0.2) is 22.7 Å². The van der Waals surface area contributed by atoms with Crippen molar-refractivity contribution in [1.29, 1.82) is 0 Å². The molecule has 23 heavy (non-hydrogen) atoms. The molecule has 0 aromatic carbocycles. The zero-order valence-electron chi connectivity index (χ0n) is 13.1. The predicted molar refractivity (Wildman–Crippen MR) is 96.6 cm³/mol. The van der Waals surface area contributed by atoms with Crippen molar-refractivity contribution in [2.75, 3.05) is 6.54 Å². The topological polar surface area (TPSA) is 64.2 Å². The minimum absolute atomic E-state index is 0.459. The van der Waals surface area contributed by atoms with E-state index in [9.17, 15) is 0 Å². The third-order valence-corrected chi connectivity index (χ3v) is 4.55. The number of pyridine rings is 2. The monoisotopic (exact) mass is 328 g/mol. The van der Waals surface area contributed by atoms with Gasteiger partial charge in [0.1, 0.15) is 5.15 Å². The minimum Gasteiger partial charge on any atom is -0.404 e. The second-order valence-corrected chi connectivity index (χ2v) is 6.40. The van der Waals surface area contributed by atoms with Crippen molar-refractivity contribution in [2.45, 2.75) is 32.1 Å². The van der Waals surface area contributed by atoms with Gasteiger partial charge in [-0.1, -0.05) is 30.9 Å². The van der Waals surface area contributed by atoms with Gasteiger partial charge >= 0.3 is 0 Å². The van der Waals surface area contributed by atoms with Crippen molar-refractivity contribution in [1.82, 2.24) is 9.97 Å². The van der Waals surface area contributed by atoms with Crippen molar-refractivity contribution in [3.8, 4) is 0 Å². The van der Waals surface area contributed by atoms with E-state index in [1.807, 2.05) is 18.3 Å². The molecule has 0 bridgehead atoms. The number of aromatic nitrogens is 2. The van der Waals surface area contributed by atoms with E-state index < -0.39 is 0 Å². The molecule has 2 N–H and O–H groups in total. The Morgan fingerprint density at radius 2 is 2.09 bits per heavy atom. The molecule has 0 aliphatic heterocycles. The number of fused-ring (bicyclic) bond motifs is 1. The number of nitrogens with zero attached hydrogens (tertiary/aromatic N) is 3. The second kappa shape index (κ2) is 7.55. The van der Waals surface area contributed by atoms with Gasteiger partial charge in [-0.15, -0.1) is 0 Å². The van der Waals surface area contributed by atoms with Crippen LogP contribution in [0.1, 0.15) is 37.7 Å². The molecule has 120 valence electrons. The summed E-state index contributed by atoms with van der Waals surface area (Å²) in [6.07, 6.45) is 11.8. The Morgan fingerprint density at radius 1 is 1.26 bits per heavy atom. The van der Waals surface area contributed by atoms with E-state index in [1.54, 1.807) is 18.5 Å². The first-order chi connectivity index (χ1) is 11.3. The third-order valence-electron chi connectivity index (χ3n) is 4.33. The van der Waals surface area contributed by atoms with Crippen molar-refractivity contribution in [3.05, 3.63) is 41.3 Å². The van der Waals surface area contributed by atoms with Crippen molar-refractivity contribution < 1.29 is 0 Å². The maximum absolute atomic E-state index is 5.95. The van der Waals surface area contributed by atoms with Crippen LogP contribution in [-0.2, 0) is 0 Å². The number of rotatable bonds is 4. The molecule has 0 spiro atoms. The highest BCUT2D eigenvalue weighted by molar-refractivity contribution is 6.29. The summed E-state index contributed by atoms with van der Waals surface area (Å²) in [6, 6.07) is 5.54. The molecule has 2 aromatic rings. The van der Waals surface area contributed by atoms with Crippen LogP contribution in [0, 0.1) is 5.92 Å². The van der Waals surface area contributed by atoms with Gasteiger partial charge < -0.3 is 5.73 Å². The first-order valence-electron chi connectivity index (χ1n) is 8.10. The molecule has 4 nitrogen and oxygen atoms in total. The lowest BCUT2D eigenvalue weighted by Crippen LogP contribution is -2.09. The van der Waals surface area contributed by atoms with Crippen molar-refractivity contribution in [3.63, 3.8) is 0 Å². The lowest BCUT2D eigenvalue weighted by molar-refractivity contribution is 0.367. The van der Waals surface area contributed by atoms with Gasteiger partial charge in [-0.25, -0.2) is 4.98 Å². The Hall–Kier alpha value is -1.94. The summed E-state index contributed by atoms with van der Waals surface area (Å²) in [5, 5.41) is 0.459. The first kappa shape index (κ1) is 15.9. The van der Waals surface area contributed by atoms with Gasteiger partial charge in [0.2, 0.25) is 0 Å². The number of allylic oxidation sites excluding steroid dienone is 1. The van der Waals surface area contributed by atoms with Crippen LogP contribution in [0.5, 0.6) is 0 Å². The summed E-state index contributed by atoms with van der Waals surface area (Å²) >= 11 is 5.95. The molecule has 0 saturated heterocycles. The molecule has 0 radical (unpaired) electrons. The van der Waals surface area contributed by atoms with E-state index >= 15 is 0 Å². The van der Waals surface area contributed by atoms with Gasteiger partial charge in [-0.2, -0.15) is 0 Å². The fourth-order valence-corrected chi connectivity index (χ4v) is 3.18. The molecular weight excluding hydrogens is 308 g/mol. The Labute approximate surface area is 141 Å². The van der Waals surface area contributed by atoms with E-state index in [-0.39, 0.29) is 0 Å². The number of hydrogen-bond donors (Lipinski definition) is 1. The zero-order chi connectivity index (χ0) is 16.1. The number of nitrogens with two attached hydrogens (primary N) is 1. The third kappa shape index (κ3) is 4.08. The lowest BCUT2D eigenvalue weighted by atomic mass is 9.89. The molecule has 0 amide bonds. The van der Waals surface area contributed by atoms with Gasteiger partial charge in [0.05, 0.1) is 11.0 Å². The van der Waals surface area contributed by atoms with Crippen molar-refractivity contribution >= 4 is 34.4 Å². The first-order valence-corrected chi connectivity index (χ1v) is 8.48. The molecule has 0 unspecified atom stereocenters. The van der Waals surface area contributed by atoms with Crippen LogP contribution >= 0.6 is 11.6 Å². The highest BCUT2D eigenvalue weighted by Crippen LogP contribution is 2.24. The Morgan fingerprint density at radius 3 is 2.87 bits per heavy atom. The van der Waals surface area contributed by atoms with Gasteiger partial charge in [-0.3, -0.25) is 9.98 Å². The summed E-state index contributed by atoms with van der Waals surface area (Å²) in [5.41, 5.74) is 9.11. The summed E-state index contributed by atoms with van der Waals surface area (Å²) in [5.74, 6) is 0.717. The minimum atomic E-state index is 0.459. The average molecular weight is 329 g/mol. The maximum atomic E-state index is 5.95. The molecule has 1 fully saturated rings. The Kier molecular flexibility index (Phi) is 5.23. The number of aliphatic imine (C=N–C) groups is 1. The van der Waals surface area contributed by atoms with E-state index in [4.69, 9.17) is 17.3 Å². The van der Waals surface area contributed by atoms with E-state index in [0.717, 1.165) is 28.7 Å². The van der Waals surface area contributed by atoms with Crippen LogP contribution in [0.4, 0.5) is 0 Å². The molecular formula is C18H21ClN4. The summed E-state index contributed by atoms with van der Waals surface area (Å²) in [6.45, 7) is 0.877. The van der Waals surface area contributed by atoms with Gasteiger partial charge in [0.25, 0.3) is 0 Å². The van der Waals surface area contributed by atoms with E-state index in [1.165, 1.54) is 32.1 Å². The SMILES string of the molecule is NC=C(C=NCC1CCCCC1)c1cnc2ccc(Cl)nc2c1. The molecule has 0 atom stereocenters.